The van der Waals surface area contributed by atoms with Crippen molar-refractivity contribution in [3.63, 3.8) is 0 Å². The minimum Gasteiger partial charge on any atom is -0.394 e. The molecule has 0 aromatic heterocycles. The quantitative estimate of drug-likeness (QED) is 0.726. The summed E-state index contributed by atoms with van der Waals surface area (Å²) in [5.41, 5.74) is 5.72. The second kappa shape index (κ2) is 5.99. The van der Waals surface area contributed by atoms with Gasteiger partial charge in [-0.3, -0.25) is 0 Å². The van der Waals surface area contributed by atoms with Gasteiger partial charge in [0.2, 0.25) is 0 Å². The molecule has 3 unspecified atom stereocenters. The fraction of sp³-hybridized carbons (Fsp3) is 1.00. The Morgan fingerprint density at radius 2 is 2.12 bits per heavy atom. The molecule has 96 valence electrons. The summed E-state index contributed by atoms with van der Waals surface area (Å²) in [7, 11) is 0. The molecule has 0 amide bonds. The fourth-order valence-corrected chi connectivity index (χ4v) is 2.70. The lowest BCUT2D eigenvalue weighted by atomic mass is 9.92. The van der Waals surface area contributed by atoms with Crippen LogP contribution in [-0.2, 0) is 0 Å². The molecule has 16 heavy (non-hydrogen) atoms. The van der Waals surface area contributed by atoms with Crippen LogP contribution >= 0.6 is 0 Å². The largest absolute Gasteiger partial charge is 0.394 e. The lowest BCUT2D eigenvalue weighted by Gasteiger charge is -2.27. The van der Waals surface area contributed by atoms with Crippen LogP contribution in [0.1, 0.15) is 46.5 Å². The van der Waals surface area contributed by atoms with Gasteiger partial charge < -0.3 is 15.7 Å². The molecule has 0 bridgehead atoms. The molecule has 3 heteroatoms. The van der Waals surface area contributed by atoms with E-state index in [9.17, 15) is 5.11 Å². The van der Waals surface area contributed by atoms with Gasteiger partial charge in [0.05, 0.1) is 6.61 Å². The average Bonchev–Trinajstić information content (AvgIpc) is 2.57. The summed E-state index contributed by atoms with van der Waals surface area (Å²) in [6, 6.07) is 0.720. The predicted molar refractivity (Wildman–Crippen MR) is 68.3 cm³/mol. The number of aliphatic hydroxyl groups excluding tert-OH is 1. The first kappa shape index (κ1) is 13.9. The van der Waals surface area contributed by atoms with Crippen LogP contribution in [0.4, 0.5) is 0 Å². The van der Waals surface area contributed by atoms with Gasteiger partial charge in [0, 0.05) is 18.1 Å². The minimum absolute atomic E-state index is 0.107. The van der Waals surface area contributed by atoms with Gasteiger partial charge in [0.15, 0.2) is 0 Å². The maximum Gasteiger partial charge on any atom is 0.0611 e. The molecule has 1 fully saturated rings. The van der Waals surface area contributed by atoms with Crippen molar-refractivity contribution >= 4 is 0 Å². The van der Waals surface area contributed by atoms with E-state index in [1.54, 1.807) is 0 Å². The second-order valence-electron chi connectivity index (χ2n) is 5.66. The summed E-state index contributed by atoms with van der Waals surface area (Å²) in [4.78, 5) is 2.55. The zero-order valence-electron chi connectivity index (χ0n) is 11.1. The number of hydrogen-bond donors (Lipinski definition) is 2. The number of hydrogen-bond acceptors (Lipinski definition) is 3. The summed E-state index contributed by atoms with van der Waals surface area (Å²) in [5, 5.41) is 9.23. The topological polar surface area (TPSA) is 49.5 Å². The standard InChI is InChI=1S/C13H28N2O/c1-4-13(14,10-16)6-5-7-15-9-11(2)8-12(15)3/h11-12,16H,4-10,14H2,1-3H3. The van der Waals surface area contributed by atoms with Crippen molar-refractivity contribution in [3.8, 4) is 0 Å². The lowest BCUT2D eigenvalue weighted by Crippen LogP contribution is -2.43. The third kappa shape index (κ3) is 3.72. The third-order valence-electron chi connectivity index (χ3n) is 4.05. The SMILES string of the molecule is CCC(N)(CO)CCCN1CC(C)CC1C. The maximum absolute atomic E-state index is 9.23. The summed E-state index contributed by atoms with van der Waals surface area (Å²) in [6.45, 7) is 9.15. The Bertz CT molecular complexity index is 204. The number of nitrogens with zero attached hydrogens (tertiary/aromatic N) is 1. The Labute approximate surface area is 100 Å². The average molecular weight is 228 g/mol. The van der Waals surface area contributed by atoms with E-state index in [4.69, 9.17) is 5.73 Å². The molecular weight excluding hydrogens is 200 g/mol. The van der Waals surface area contributed by atoms with Crippen LogP contribution in [-0.4, -0.2) is 41.3 Å². The molecule has 3 nitrogen and oxygen atoms in total. The van der Waals surface area contributed by atoms with Crippen molar-refractivity contribution in [2.24, 2.45) is 11.7 Å². The van der Waals surface area contributed by atoms with Crippen LogP contribution in [0.2, 0.25) is 0 Å². The Kier molecular flexibility index (Phi) is 5.22. The van der Waals surface area contributed by atoms with Gasteiger partial charge in [0.1, 0.15) is 0 Å². The molecule has 3 atom stereocenters. The molecular formula is C13H28N2O. The van der Waals surface area contributed by atoms with Crippen molar-refractivity contribution in [2.75, 3.05) is 19.7 Å². The highest BCUT2D eigenvalue weighted by Crippen LogP contribution is 2.23. The van der Waals surface area contributed by atoms with E-state index in [1.807, 2.05) is 0 Å². The number of aliphatic hydroxyl groups is 1. The van der Waals surface area contributed by atoms with Crippen LogP contribution in [0.15, 0.2) is 0 Å². The molecule has 0 aromatic carbocycles. The zero-order valence-corrected chi connectivity index (χ0v) is 11.1. The van der Waals surface area contributed by atoms with Crippen LogP contribution < -0.4 is 5.73 Å². The van der Waals surface area contributed by atoms with E-state index in [0.29, 0.717) is 0 Å². The molecule has 1 aliphatic heterocycles. The smallest absolute Gasteiger partial charge is 0.0611 e. The van der Waals surface area contributed by atoms with E-state index in [1.165, 1.54) is 13.0 Å². The molecule has 0 saturated carbocycles. The first-order valence-electron chi connectivity index (χ1n) is 6.64. The highest BCUT2D eigenvalue weighted by molar-refractivity contribution is 4.84. The van der Waals surface area contributed by atoms with Crippen molar-refractivity contribution in [2.45, 2.75) is 58.0 Å². The number of nitrogens with two attached hydrogens (primary N) is 1. The molecule has 0 radical (unpaired) electrons. The molecule has 0 aromatic rings. The van der Waals surface area contributed by atoms with Gasteiger partial charge in [-0.05, 0) is 45.1 Å². The summed E-state index contributed by atoms with van der Waals surface area (Å²) in [6.07, 6.45) is 4.20. The minimum atomic E-state index is -0.353. The summed E-state index contributed by atoms with van der Waals surface area (Å²) in [5.74, 6) is 0.835. The van der Waals surface area contributed by atoms with E-state index < -0.39 is 0 Å². The molecule has 1 saturated heterocycles. The Morgan fingerprint density at radius 1 is 1.44 bits per heavy atom. The highest BCUT2D eigenvalue weighted by atomic mass is 16.3. The lowest BCUT2D eigenvalue weighted by molar-refractivity contribution is 0.170. The third-order valence-corrected chi connectivity index (χ3v) is 4.05. The monoisotopic (exact) mass is 228 g/mol. The first-order valence-corrected chi connectivity index (χ1v) is 6.64. The molecule has 1 rings (SSSR count). The van der Waals surface area contributed by atoms with Crippen molar-refractivity contribution in [1.29, 1.82) is 0 Å². The number of rotatable bonds is 6. The maximum atomic E-state index is 9.23. The molecule has 1 aliphatic rings. The second-order valence-corrected chi connectivity index (χ2v) is 5.66. The summed E-state index contributed by atoms with van der Waals surface area (Å²) >= 11 is 0. The van der Waals surface area contributed by atoms with E-state index in [0.717, 1.165) is 37.8 Å². The Balaban J connectivity index is 2.25. The van der Waals surface area contributed by atoms with E-state index in [-0.39, 0.29) is 12.1 Å². The normalized spacial score (nSPS) is 30.6. The summed E-state index contributed by atoms with van der Waals surface area (Å²) < 4.78 is 0. The van der Waals surface area contributed by atoms with Crippen molar-refractivity contribution in [3.05, 3.63) is 0 Å². The van der Waals surface area contributed by atoms with Crippen LogP contribution in [0.3, 0.4) is 0 Å². The van der Waals surface area contributed by atoms with Gasteiger partial charge in [0.25, 0.3) is 0 Å². The first-order chi connectivity index (χ1) is 7.50. The predicted octanol–water partition coefficient (Wildman–Crippen LogP) is 1.60. The van der Waals surface area contributed by atoms with E-state index in [2.05, 4.69) is 25.7 Å². The van der Waals surface area contributed by atoms with Gasteiger partial charge in [-0.25, -0.2) is 0 Å². The molecule has 0 aliphatic carbocycles. The van der Waals surface area contributed by atoms with Crippen LogP contribution in [0, 0.1) is 5.92 Å². The molecule has 0 spiro atoms. The fourth-order valence-electron chi connectivity index (χ4n) is 2.70. The molecule has 3 N–H and O–H groups in total. The number of likely N-dealkylation sites (tertiary alicyclic amines) is 1. The van der Waals surface area contributed by atoms with E-state index >= 15 is 0 Å². The van der Waals surface area contributed by atoms with Gasteiger partial charge >= 0.3 is 0 Å². The van der Waals surface area contributed by atoms with Crippen molar-refractivity contribution < 1.29 is 5.11 Å². The Morgan fingerprint density at radius 3 is 2.56 bits per heavy atom. The van der Waals surface area contributed by atoms with Crippen LogP contribution in [0.5, 0.6) is 0 Å². The molecule has 1 heterocycles. The Hall–Kier alpha value is -0.120. The van der Waals surface area contributed by atoms with Crippen molar-refractivity contribution in [1.82, 2.24) is 4.90 Å². The van der Waals surface area contributed by atoms with Crippen LogP contribution in [0.25, 0.3) is 0 Å². The van der Waals surface area contributed by atoms with Gasteiger partial charge in [-0.2, -0.15) is 0 Å². The highest BCUT2D eigenvalue weighted by Gasteiger charge is 2.27. The van der Waals surface area contributed by atoms with Gasteiger partial charge in [-0.15, -0.1) is 0 Å². The van der Waals surface area contributed by atoms with Gasteiger partial charge in [-0.1, -0.05) is 13.8 Å². The zero-order chi connectivity index (χ0) is 12.2.